The van der Waals surface area contributed by atoms with Gasteiger partial charge in [0.05, 0.1) is 5.56 Å². The first-order valence-corrected chi connectivity index (χ1v) is 10.5. The summed E-state index contributed by atoms with van der Waals surface area (Å²) in [5.74, 6) is 6.04. The van der Waals surface area contributed by atoms with Gasteiger partial charge >= 0.3 is 0 Å². The van der Waals surface area contributed by atoms with Crippen molar-refractivity contribution in [1.82, 2.24) is 4.90 Å². The van der Waals surface area contributed by atoms with Crippen LogP contribution in [0.3, 0.4) is 0 Å². The minimum absolute atomic E-state index is 0.0293. The van der Waals surface area contributed by atoms with Gasteiger partial charge < -0.3 is 9.64 Å². The third-order valence-corrected chi connectivity index (χ3v) is 6.00. The van der Waals surface area contributed by atoms with Gasteiger partial charge in [-0.2, -0.15) is 0 Å². The molecule has 158 valence electrons. The van der Waals surface area contributed by atoms with Gasteiger partial charge in [-0.25, -0.2) is 4.39 Å². The number of fused-ring (bicyclic) bond motifs is 1. The topological polar surface area (TPSA) is 46.6 Å². The van der Waals surface area contributed by atoms with Gasteiger partial charge in [0.1, 0.15) is 11.6 Å². The standard InChI is InChI=1S/C27H20FNO3/c28-22-8-4-5-19(17-22)9-10-20-11-12-24-23(18-20)25(30)27(32-24)13-15-29(16-14-27)26(31)21-6-2-1-3-7-21/h1-8,11-12,17-18H,13-16H2. The lowest BCUT2D eigenvalue weighted by molar-refractivity contribution is 0.0195. The van der Waals surface area contributed by atoms with Gasteiger partial charge in [0.25, 0.3) is 5.91 Å². The van der Waals surface area contributed by atoms with Crippen LogP contribution in [0.15, 0.2) is 72.8 Å². The fraction of sp³-hybridized carbons (Fsp3) is 0.185. The van der Waals surface area contributed by atoms with E-state index < -0.39 is 5.60 Å². The molecule has 1 saturated heterocycles. The number of Topliss-reactive ketones (excluding diaryl/α,β-unsaturated/α-hetero) is 1. The molecule has 0 unspecified atom stereocenters. The third kappa shape index (κ3) is 3.65. The number of hydrogen-bond acceptors (Lipinski definition) is 3. The zero-order valence-electron chi connectivity index (χ0n) is 17.3. The number of ether oxygens (including phenoxy) is 1. The summed E-state index contributed by atoms with van der Waals surface area (Å²) in [6.07, 6.45) is 0.896. The molecule has 0 aliphatic carbocycles. The van der Waals surface area contributed by atoms with Crippen LogP contribution in [0.2, 0.25) is 0 Å². The number of carbonyl (C=O) groups is 2. The molecule has 2 aliphatic rings. The molecule has 32 heavy (non-hydrogen) atoms. The molecule has 2 heterocycles. The van der Waals surface area contributed by atoms with E-state index in [2.05, 4.69) is 11.8 Å². The monoisotopic (exact) mass is 425 g/mol. The first-order chi connectivity index (χ1) is 15.5. The van der Waals surface area contributed by atoms with Crippen LogP contribution in [0.5, 0.6) is 5.75 Å². The van der Waals surface area contributed by atoms with Gasteiger partial charge in [0.15, 0.2) is 5.60 Å². The van der Waals surface area contributed by atoms with Crippen LogP contribution in [-0.4, -0.2) is 35.3 Å². The Bertz CT molecular complexity index is 1260. The maximum absolute atomic E-state index is 13.3. The normalized spacial score (nSPS) is 16.2. The Morgan fingerprint density at radius 1 is 0.906 bits per heavy atom. The van der Waals surface area contributed by atoms with Gasteiger partial charge in [-0.1, -0.05) is 36.1 Å². The Morgan fingerprint density at radius 2 is 1.62 bits per heavy atom. The molecule has 5 rings (SSSR count). The van der Waals surface area contributed by atoms with Crippen LogP contribution in [0.1, 0.15) is 44.7 Å². The van der Waals surface area contributed by atoms with Crippen molar-refractivity contribution in [2.24, 2.45) is 0 Å². The number of ketones is 1. The summed E-state index contributed by atoms with van der Waals surface area (Å²) < 4.78 is 19.5. The van der Waals surface area contributed by atoms with Crippen LogP contribution in [0.4, 0.5) is 4.39 Å². The van der Waals surface area contributed by atoms with Gasteiger partial charge in [-0.3, -0.25) is 9.59 Å². The fourth-order valence-corrected chi connectivity index (χ4v) is 4.25. The number of halogens is 1. The zero-order valence-corrected chi connectivity index (χ0v) is 17.3. The predicted molar refractivity (Wildman–Crippen MR) is 118 cm³/mol. The van der Waals surface area contributed by atoms with Crippen molar-refractivity contribution in [1.29, 1.82) is 0 Å². The molecule has 3 aromatic rings. The van der Waals surface area contributed by atoms with Crippen molar-refractivity contribution < 1.29 is 18.7 Å². The van der Waals surface area contributed by atoms with E-state index in [0.717, 1.165) is 0 Å². The Kier molecular flexibility index (Phi) is 4.99. The maximum Gasteiger partial charge on any atom is 0.253 e. The quantitative estimate of drug-likeness (QED) is 0.541. The highest BCUT2D eigenvalue weighted by atomic mass is 19.1. The van der Waals surface area contributed by atoms with Crippen LogP contribution in [-0.2, 0) is 0 Å². The Balaban J connectivity index is 1.31. The number of carbonyl (C=O) groups excluding carboxylic acids is 2. The first-order valence-electron chi connectivity index (χ1n) is 10.5. The zero-order chi connectivity index (χ0) is 22.1. The number of amides is 1. The molecule has 0 atom stereocenters. The van der Waals surface area contributed by atoms with E-state index in [4.69, 9.17) is 4.74 Å². The second-order valence-corrected chi connectivity index (χ2v) is 8.05. The Labute approximate surface area is 185 Å². The number of hydrogen-bond donors (Lipinski definition) is 0. The summed E-state index contributed by atoms with van der Waals surface area (Å²) in [4.78, 5) is 27.8. The van der Waals surface area contributed by atoms with Crippen LogP contribution in [0, 0.1) is 17.7 Å². The third-order valence-electron chi connectivity index (χ3n) is 6.00. The fourth-order valence-electron chi connectivity index (χ4n) is 4.25. The summed E-state index contributed by atoms with van der Waals surface area (Å²) in [6, 6.07) is 20.5. The van der Waals surface area contributed by atoms with Crippen molar-refractivity contribution in [2.45, 2.75) is 18.4 Å². The van der Waals surface area contributed by atoms with Crippen molar-refractivity contribution in [3.8, 4) is 17.6 Å². The van der Waals surface area contributed by atoms with E-state index in [0.29, 0.717) is 53.9 Å². The number of piperidine rings is 1. The van der Waals surface area contributed by atoms with Crippen LogP contribution in [0.25, 0.3) is 0 Å². The molecule has 5 heteroatoms. The summed E-state index contributed by atoms with van der Waals surface area (Å²) in [7, 11) is 0. The number of rotatable bonds is 1. The molecule has 0 N–H and O–H groups in total. The van der Waals surface area contributed by atoms with E-state index >= 15 is 0 Å². The molecular weight excluding hydrogens is 405 g/mol. The van der Waals surface area contributed by atoms with E-state index in [1.165, 1.54) is 12.1 Å². The molecule has 1 amide bonds. The highest BCUT2D eigenvalue weighted by molar-refractivity contribution is 6.08. The highest BCUT2D eigenvalue weighted by Crippen LogP contribution is 2.41. The predicted octanol–water partition coefficient (Wildman–Crippen LogP) is 4.48. The second kappa shape index (κ2) is 7.97. The van der Waals surface area contributed by atoms with Gasteiger partial charge in [-0.15, -0.1) is 0 Å². The molecule has 1 fully saturated rings. The van der Waals surface area contributed by atoms with Crippen LogP contribution < -0.4 is 4.74 Å². The van der Waals surface area contributed by atoms with E-state index in [9.17, 15) is 14.0 Å². The van der Waals surface area contributed by atoms with E-state index in [1.807, 2.05) is 18.2 Å². The summed E-state index contributed by atoms with van der Waals surface area (Å²) >= 11 is 0. The van der Waals surface area contributed by atoms with Crippen molar-refractivity contribution in [3.63, 3.8) is 0 Å². The summed E-state index contributed by atoms with van der Waals surface area (Å²) in [5.41, 5.74) is 1.47. The lowest BCUT2D eigenvalue weighted by Crippen LogP contribution is -2.51. The SMILES string of the molecule is O=C(c1ccccc1)N1CCC2(CC1)Oc1ccc(C#Cc3cccc(F)c3)cc1C2=O. The molecule has 4 nitrogen and oxygen atoms in total. The number of nitrogens with zero attached hydrogens (tertiary/aromatic N) is 1. The summed E-state index contributed by atoms with van der Waals surface area (Å²) in [6.45, 7) is 0.916. The average molecular weight is 425 g/mol. The average Bonchev–Trinajstić information content (AvgIpc) is 3.09. The van der Waals surface area contributed by atoms with Crippen LogP contribution >= 0.6 is 0 Å². The lowest BCUT2D eigenvalue weighted by Gasteiger charge is -2.37. The molecule has 0 bridgehead atoms. The Morgan fingerprint density at radius 3 is 2.34 bits per heavy atom. The molecule has 2 aliphatic heterocycles. The minimum Gasteiger partial charge on any atom is -0.478 e. The minimum atomic E-state index is -0.926. The molecule has 0 aromatic heterocycles. The van der Waals surface area contributed by atoms with Gasteiger partial charge in [0, 0.05) is 42.6 Å². The molecule has 3 aromatic carbocycles. The number of likely N-dealkylation sites (tertiary alicyclic amines) is 1. The van der Waals surface area contributed by atoms with Crippen molar-refractivity contribution in [3.05, 3.63) is 101 Å². The molecular formula is C27H20FNO3. The highest BCUT2D eigenvalue weighted by Gasteiger charge is 2.50. The molecule has 1 spiro atoms. The molecule has 0 saturated carbocycles. The summed E-state index contributed by atoms with van der Waals surface area (Å²) in [5, 5.41) is 0. The second-order valence-electron chi connectivity index (χ2n) is 8.05. The van der Waals surface area contributed by atoms with Gasteiger partial charge in [0.2, 0.25) is 5.78 Å². The largest absolute Gasteiger partial charge is 0.478 e. The van der Waals surface area contributed by atoms with E-state index in [-0.39, 0.29) is 17.5 Å². The molecule has 0 radical (unpaired) electrons. The first kappa shape index (κ1) is 20.0. The van der Waals surface area contributed by atoms with Crippen molar-refractivity contribution >= 4 is 11.7 Å². The lowest BCUT2D eigenvalue weighted by atomic mass is 9.85. The Hall–Kier alpha value is -3.91. The van der Waals surface area contributed by atoms with Gasteiger partial charge in [-0.05, 0) is 48.5 Å². The number of benzene rings is 3. The van der Waals surface area contributed by atoms with E-state index in [1.54, 1.807) is 47.4 Å². The maximum atomic E-state index is 13.3. The van der Waals surface area contributed by atoms with Crippen molar-refractivity contribution in [2.75, 3.05) is 13.1 Å². The smallest absolute Gasteiger partial charge is 0.253 e.